The van der Waals surface area contributed by atoms with E-state index in [9.17, 15) is 0 Å². The molecule has 4 rings (SSSR count). The highest BCUT2D eigenvalue weighted by molar-refractivity contribution is 5.76. The Morgan fingerprint density at radius 3 is 2.46 bits per heavy atom. The maximum atomic E-state index is 9.12. The zero-order valence-electron chi connectivity index (χ0n) is 15.2. The number of aliphatic hydroxyl groups excluding tert-OH is 1. The Kier molecular flexibility index (Phi) is 5.32. The molecule has 0 atom stereocenters. The number of imidazole rings is 1. The second kappa shape index (κ2) is 8.02. The number of para-hydroxylation sites is 2. The number of rotatable bonds is 6. The van der Waals surface area contributed by atoms with Gasteiger partial charge >= 0.3 is 0 Å². The number of hydrogen-bond acceptors (Lipinski definition) is 3. The first-order valence-electron chi connectivity index (χ1n) is 9.65. The minimum atomic E-state index is 0.261. The molecule has 0 spiro atoms. The van der Waals surface area contributed by atoms with Crippen LogP contribution in [0.4, 0.5) is 0 Å². The van der Waals surface area contributed by atoms with Crippen molar-refractivity contribution < 1.29 is 5.11 Å². The van der Waals surface area contributed by atoms with Crippen molar-refractivity contribution in [3.8, 4) is 0 Å². The number of fused-ring (bicyclic) bond motifs is 1. The summed E-state index contributed by atoms with van der Waals surface area (Å²) >= 11 is 0. The SMILES string of the molecule is OCCN1CCC(Cc2nc3ccccc3n2Cc2ccccc2)CC1. The average Bonchev–Trinajstić information content (AvgIpc) is 3.02. The van der Waals surface area contributed by atoms with Gasteiger partial charge in [0, 0.05) is 19.5 Å². The summed E-state index contributed by atoms with van der Waals surface area (Å²) in [4.78, 5) is 7.33. The van der Waals surface area contributed by atoms with E-state index in [0.717, 1.165) is 38.1 Å². The van der Waals surface area contributed by atoms with Crippen molar-refractivity contribution in [2.45, 2.75) is 25.8 Å². The standard InChI is InChI=1S/C22H27N3O/c26-15-14-24-12-10-18(11-13-24)16-22-23-20-8-4-5-9-21(20)25(22)17-19-6-2-1-3-7-19/h1-9,18,26H,10-17H2. The van der Waals surface area contributed by atoms with Gasteiger partial charge in [0.05, 0.1) is 17.6 Å². The molecule has 3 aromatic rings. The molecule has 1 aromatic heterocycles. The van der Waals surface area contributed by atoms with Gasteiger partial charge in [-0.05, 0) is 49.5 Å². The Bertz CT molecular complexity index is 835. The molecule has 1 saturated heterocycles. The highest BCUT2D eigenvalue weighted by Crippen LogP contribution is 2.25. The van der Waals surface area contributed by atoms with Gasteiger partial charge in [-0.2, -0.15) is 0 Å². The van der Waals surface area contributed by atoms with Crippen LogP contribution in [0.25, 0.3) is 11.0 Å². The van der Waals surface area contributed by atoms with Crippen molar-refractivity contribution in [1.29, 1.82) is 0 Å². The molecule has 0 unspecified atom stereocenters. The molecule has 4 heteroatoms. The molecule has 26 heavy (non-hydrogen) atoms. The van der Waals surface area contributed by atoms with Gasteiger partial charge in [0.25, 0.3) is 0 Å². The van der Waals surface area contributed by atoms with Crippen LogP contribution in [0.1, 0.15) is 24.2 Å². The summed E-state index contributed by atoms with van der Waals surface area (Å²) < 4.78 is 2.39. The average molecular weight is 349 g/mol. The van der Waals surface area contributed by atoms with Crippen LogP contribution in [0.15, 0.2) is 54.6 Å². The molecule has 1 aliphatic rings. The number of nitrogens with zero attached hydrogens (tertiary/aromatic N) is 3. The summed E-state index contributed by atoms with van der Waals surface area (Å²) in [5.41, 5.74) is 3.63. The van der Waals surface area contributed by atoms with Gasteiger partial charge in [0.1, 0.15) is 5.82 Å². The van der Waals surface area contributed by atoms with E-state index in [4.69, 9.17) is 10.1 Å². The number of likely N-dealkylation sites (tertiary alicyclic amines) is 1. The molecule has 0 radical (unpaired) electrons. The monoisotopic (exact) mass is 349 g/mol. The van der Waals surface area contributed by atoms with E-state index in [0.29, 0.717) is 5.92 Å². The quantitative estimate of drug-likeness (QED) is 0.742. The molecule has 136 valence electrons. The fourth-order valence-electron chi connectivity index (χ4n) is 4.04. The third kappa shape index (κ3) is 3.81. The van der Waals surface area contributed by atoms with Crippen LogP contribution in [-0.4, -0.2) is 45.8 Å². The first-order valence-corrected chi connectivity index (χ1v) is 9.65. The number of benzene rings is 2. The summed E-state index contributed by atoms with van der Waals surface area (Å²) in [6, 6.07) is 19.1. The van der Waals surface area contributed by atoms with E-state index in [-0.39, 0.29) is 6.61 Å². The van der Waals surface area contributed by atoms with Gasteiger partial charge < -0.3 is 14.6 Å². The molecule has 0 saturated carbocycles. The molecule has 2 aromatic carbocycles. The number of aliphatic hydroxyl groups is 1. The van der Waals surface area contributed by atoms with E-state index >= 15 is 0 Å². The summed E-state index contributed by atoms with van der Waals surface area (Å²) in [7, 11) is 0. The van der Waals surface area contributed by atoms with Crippen LogP contribution >= 0.6 is 0 Å². The Morgan fingerprint density at radius 1 is 0.962 bits per heavy atom. The van der Waals surface area contributed by atoms with Crippen molar-refractivity contribution >= 4 is 11.0 Å². The van der Waals surface area contributed by atoms with E-state index in [1.165, 1.54) is 29.7 Å². The van der Waals surface area contributed by atoms with E-state index in [1.807, 2.05) is 0 Å². The van der Waals surface area contributed by atoms with E-state index in [2.05, 4.69) is 64.1 Å². The summed E-state index contributed by atoms with van der Waals surface area (Å²) in [5.74, 6) is 1.88. The largest absolute Gasteiger partial charge is 0.395 e. The lowest BCUT2D eigenvalue weighted by Crippen LogP contribution is -2.36. The Balaban J connectivity index is 1.56. The zero-order chi connectivity index (χ0) is 17.8. The first kappa shape index (κ1) is 17.3. The van der Waals surface area contributed by atoms with Gasteiger partial charge in [-0.25, -0.2) is 4.98 Å². The fraction of sp³-hybridized carbons (Fsp3) is 0.409. The van der Waals surface area contributed by atoms with Crippen LogP contribution in [0.2, 0.25) is 0 Å². The Hall–Kier alpha value is -2.17. The Morgan fingerprint density at radius 2 is 1.69 bits per heavy atom. The van der Waals surface area contributed by atoms with Gasteiger partial charge in [0.2, 0.25) is 0 Å². The summed E-state index contributed by atoms with van der Waals surface area (Å²) in [5, 5.41) is 9.12. The topological polar surface area (TPSA) is 41.3 Å². The third-order valence-corrected chi connectivity index (χ3v) is 5.51. The fourth-order valence-corrected chi connectivity index (χ4v) is 4.04. The van der Waals surface area contributed by atoms with Crippen LogP contribution in [-0.2, 0) is 13.0 Å². The number of piperidine rings is 1. The first-order chi connectivity index (χ1) is 12.8. The highest BCUT2D eigenvalue weighted by Gasteiger charge is 2.22. The van der Waals surface area contributed by atoms with Gasteiger partial charge in [0.15, 0.2) is 0 Å². The number of hydrogen-bond donors (Lipinski definition) is 1. The van der Waals surface area contributed by atoms with Gasteiger partial charge in [-0.1, -0.05) is 42.5 Å². The van der Waals surface area contributed by atoms with Crippen LogP contribution in [0.3, 0.4) is 0 Å². The molecule has 1 aliphatic heterocycles. The van der Waals surface area contributed by atoms with Crippen LogP contribution in [0, 0.1) is 5.92 Å². The summed E-state index contributed by atoms with van der Waals surface area (Å²) in [6.45, 7) is 4.12. The van der Waals surface area contributed by atoms with Crippen molar-refractivity contribution in [2.75, 3.05) is 26.2 Å². The van der Waals surface area contributed by atoms with Crippen LogP contribution < -0.4 is 0 Å². The molecular weight excluding hydrogens is 322 g/mol. The van der Waals surface area contributed by atoms with Crippen LogP contribution in [0.5, 0.6) is 0 Å². The number of β-amino-alcohol motifs (C(OH)–C–C–N with tert-alkyl or cyclic N) is 1. The minimum absolute atomic E-state index is 0.261. The highest BCUT2D eigenvalue weighted by atomic mass is 16.3. The van der Waals surface area contributed by atoms with Crippen molar-refractivity contribution in [2.24, 2.45) is 5.92 Å². The molecule has 1 fully saturated rings. The minimum Gasteiger partial charge on any atom is -0.395 e. The lowest BCUT2D eigenvalue weighted by Gasteiger charge is -2.31. The lowest BCUT2D eigenvalue weighted by atomic mass is 9.93. The van der Waals surface area contributed by atoms with E-state index in [1.54, 1.807) is 0 Å². The predicted octanol–water partition coefficient (Wildman–Crippen LogP) is 3.33. The van der Waals surface area contributed by atoms with Gasteiger partial charge in [-0.15, -0.1) is 0 Å². The predicted molar refractivity (Wildman–Crippen MR) is 105 cm³/mol. The summed E-state index contributed by atoms with van der Waals surface area (Å²) in [6.07, 6.45) is 3.41. The second-order valence-corrected chi connectivity index (χ2v) is 7.30. The molecular formula is C22H27N3O. The molecule has 0 aliphatic carbocycles. The maximum Gasteiger partial charge on any atom is 0.110 e. The van der Waals surface area contributed by atoms with Gasteiger partial charge in [-0.3, -0.25) is 0 Å². The molecule has 2 heterocycles. The van der Waals surface area contributed by atoms with Crippen molar-refractivity contribution in [3.63, 3.8) is 0 Å². The zero-order valence-corrected chi connectivity index (χ0v) is 15.2. The molecule has 1 N–H and O–H groups in total. The van der Waals surface area contributed by atoms with Crippen molar-refractivity contribution in [3.05, 3.63) is 66.0 Å². The third-order valence-electron chi connectivity index (χ3n) is 5.51. The second-order valence-electron chi connectivity index (χ2n) is 7.30. The lowest BCUT2D eigenvalue weighted by molar-refractivity contribution is 0.146. The molecule has 0 bridgehead atoms. The van der Waals surface area contributed by atoms with Crippen molar-refractivity contribution in [1.82, 2.24) is 14.5 Å². The molecule has 0 amide bonds. The smallest absolute Gasteiger partial charge is 0.110 e. The van der Waals surface area contributed by atoms with E-state index < -0.39 is 0 Å². The Labute approximate surface area is 155 Å². The normalized spacial score (nSPS) is 16.3. The maximum absolute atomic E-state index is 9.12. The number of aromatic nitrogens is 2. The molecule has 4 nitrogen and oxygen atoms in total.